The largest absolute Gasteiger partial charge is 0.392 e. The van der Waals surface area contributed by atoms with Crippen molar-refractivity contribution in [1.29, 1.82) is 0 Å². The highest BCUT2D eigenvalue weighted by Crippen LogP contribution is 2.53. The van der Waals surface area contributed by atoms with Gasteiger partial charge in [0, 0.05) is 10.1 Å². The lowest BCUT2D eigenvalue weighted by atomic mass is 10.2. The van der Waals surface area contributed by atoms with Gasteiger partial charge in [-0.1, -0.05) is 41.5 Å². The lowest BCUT2D eigenvalue weighted by molar-refractivity contribution is 0.235. The predicted octanol–water partition coefficient (Wildman–Crippen LogP) is 1.84. The molecule has 0 bridgehead atoms. The number of hydrogen-bond donors (Lipinski definition) is 0. The molecule has 0 aromatic carbocycles. The van der Waals surface area contributed by atoms with Crippen LogP contribution in [0.2, 0.25) is 10.1 Å². The summed E-state index contributed by atoms with van der Waals surface area (Å²) >= 11 is 0. The zero-order valence-corrected chi connectivity index (χ0v) is 16.2. The number of rotatable bonds is 6. The van der Waals surface area contributed by atoms with E-state index < -0.39 is 39.4 Å². The highest BCUT2D eigenvalue weighted by Gasteiger charge is 2.64. The van der Waals surface area contributed by atoms with Crippen molar-refractivity contribution in [2.45, 2.75) is 51.6 Å². The molecular weight excluding hydrogens is 340 g/mol. The van der Waals surface area contributed by atoms with Gasteiger partial charge in [-0.05, 0) is 0 Å². The summed E-state index contributed by atoms with van der Waals surface area (Å²) in [6.07, 6.45) is 0. The van der Waals surface area contributed by atoms with Crippen LogP contribution in [0.25, 0.3) is 0 Å². The molecule has 0 aromatic heterocycles. The van der Waals surface area contributed by atoms with Gasteiger partial charge in [-0.3, -0.25) is 16.1 Å². The van der Waals surface area contributed by atoms with Gasteiger partial charge in [0.05, 0.1) is 14.2 Å². The second kappa shape index (κ2) is 6.22. The molecule has 0 spiro atoms. The van der Waals surface area contributed by atoms with Crippen LogP contribution >= 0.6 is 0 Å². The molecule has 0 saturated heterocycles. The lowest BCUT2D eigenvalue weighted by Gasteiger charge is -2.46. The average molecular weight is 365 g/mol. The van der Waals surface area contributed by atoms with Gasteiger partial charge in [-0.15, -0.1) is 0 Å². The summed E-state index contributed by atoms with van der Waals surface area (Å²) in [7, 11) is -10.9. The van der Waals surface area contributed by atoms with Crippen LogP contribution < -0.4 is 0 Å². The first-order chi connectivity index (χ1) is 9.04. The molecule has 0 unspecified atom stereocenters. The van der Waals surface area contributed by atoms with Crippen LogP contribution in [0, 0.1) is 0 Å². The second-order valence-electron chi connectivity index (χ2n) is 6.43. The molecule has 21 heavy (non-hydrogen) atoms. The summed E-state index contributed by atoms with van der Waals surface area (Å²) in [5, 5.41) is -1.83. The Morgan fingerprint density at radius 3 is 1.05 bits per heavy atom. The van der Waals surface area contributed by atoms with Crippen molar-refractivity contribution in [3.63, 3.8) is 0 Å². The molecule has 0 aliphatic heterocycles. The molecule has 0 radical (unpaired) electrons. The van der Waals surface area contributed by atoms with Crippen molar-refractivity contribution < 1.29 is 32.9 Å². The van der Waals surface area contributed by atoms with Crippen LogP contribution in [0.15, 0.2) is 0 Å². The SMILES string of the molecule is COS(=O)(=O)O[Si](OS(=O)(=O)OC)(C(C)(C)C)C(C)(C)C. The predicted molar refractivity (Wildman–Crippen MR) is 79.2 cm³/mol. The van der Waals surface area contributed by atoms with Gasteiger partial charge in [0.1, 0.15) is 0 Å². The van der Waals surface area contributed by atoms with Crippen molar-refractivity contribution in [3.8, 4) is 0 Å². The Labute approximate surface area is 128 Å². The molecule has 8 nitrogen and oxygen atoms in total. The molecule has 0 atom stereocenters. The van der Waals surface area contributed by atoms with Crippen LogP contribution in [0.4, 0.5) is 0 Å². The fraction of sp³-hybridized carbons (Fsp3) is 1.00. The molecule has 0 amide bonds. The van der Waals surface area contributed by atoms with E-state index in [-0.39, 0.29) is 0 Å². The summed E-state index contributed by atoms with van der Waals surface area (Å²) < 4.78 is 65.9. The monoisotopic (exact) mass is 364 g/mol. The van der Waals surface area contributed by atoms with E-state index in [9.17, 15) is 16.8 Å². The summed E-state index contributed by atoms with van der Waals surface area (Å²) in [5.41, 5.74) is 0. The third kappa shape index (κ3) is 4.98. The van der Waals surface area contributed by atoms with Crippen LogP contribution in [0.3, 0.4) is 0 Å². The first-order valence-electron chi connectivity index (χ1n) is 6.06. The van der Waals surface area contributed by atoms with E-state index >= 15 is 0 Å². The molecule has 0 fully saturated rings. The van der Waals surface area contributed by atoms with E-state index in [4.69, 9.17) is 7.74 Å². The Kier molecular flexibility index (Phi) is 6.21. The van der Waals surface area contributed by atoms with E-state index in [0.717, 1.165) is 14.2 Å². The number of hydrogen-bond acceptors (Lipinski definition) is 8. The van der Waals surface area contributed by atoms with E-state index in [1.807, 2.05) is 0 Å². The Bertz CT molecular complexity index is 501. The minimum absolute atomic E-state index is 0.914. The van der Waals surface area contributed by atoms with E-state index in [1.165, 1.54) is 0 Å². The van der Waals surface area contributed by atoms with Gasteiger partial charge in [-0.25, -0.2) is 0 Å². The zero-order chi connectivity index (χ0) is 17.3. The first kappa shape index (κ1) is 21.0. The molecule has 0 N–H and O–H groups in total. The van der Waals surface area contributed by atoms with Crippen molar-refractivity contribution in [3.05, 3.63) is 0 Å². The molecule has 0 heterocycles. The first-order valence-corrected chi connectivity index (χ1v) is 10.5. The van der Waals surface area contributed by atoms with E-state index in [1.54, 1.807) is 41.5 Å². The maximum atomic E-state index is 11.8. The van der Waals surface area contributed by atoms with Gasteiger partial charge in [0.25, 0.3) is 0 Å². The van der Waals surface area contributed by atoms with Crippen LogP contribution in [0.5, 0.6) is 0 Å². The Hall–Kier alpha value is -0.0431. The standard InChI is InChI=1S/C10H24O8S2Si/c1-9(2,3)21(10(4,5)6,17-19(11,12)15-7)18-20(13,14)16-8/h1-8H3. The van der Waals surface area contributed by atoms with Gasteiger partial charge >= 0.3 is 29.4 Å². The molecule has 128 valence electrons. The summed E-state index contributed by atoms with van der Waals surface area (Å²) in [5.74, 6) is 0. The highest BCUT2D eigenvalue weighted by molar-refractivity contribution is 7.84. The van der Waals surface area contributed by atoms with Crippen molar-refractivity contribution >= 4 is 29.4 Å². The quantitative estimate of drug-likeness (QED) is 0.657. The van der Waals surface area contributed by atoms with Gasteiger partial charge in [0.2, 0.25) is 0 Å². The van der Waals surface area contributed by atoms with Crippen molar-refractivity contribution in [1.82, 2.24) is 0 Å². The van der Waals surface area contributed by atoms with Gasteiger partial charge in [-0.2, -0.15) is 16.8 Å². The topological polar surface area (TPSA) is 105 Å². The van der Waals surface area contributed by atoms with Crippen LogP contribution in [-0.2, 0) is 36.9 Å². The Balaban J connectivity index is 6.30. The molecule has 0 rings (SSSR count). The average Bonchev–Trinajstić information content (AvgIpc) is 2.24. The molecular formula is C10H24O8S2Si. The highest BCUT2D eigenvalue weighted by atomic mass is 32.3. The zero-order valence-electron chi connectivity index (χ0n) is 13.6. The van der Waals surface area contributed by atoms with Gasteiger partial charge in [0.15, 0.2) is 0 Å². The summed E-state index contributed by atoms with van der Waals surface area (Å²) in [6, 6.07) is 0. The molecule has 0 saturated carbocycles. The lowest BCUT2D eigenvalue weighted by Crippen LogP contribution is -2.59. The summed E-state index contributed by atoms with van der Waals surface area (Å²) in [4.78, 5) is 0. The molecule has 11 heteroatoms. The van der Waals surface area contributed by atoms with Crippen LogP contribution in [-0.4, -0.2) is 39.6 Å². The second-order valence-corrected chi connectivity index (χ2v) is 14.3. The Morgan fingerprint density at radius 1 is 0.667 bits per heavy atom. The minimum Gasteiger partial charge on any atom is -0.261 e. The minimum atomic E-state index is -4.41. The normalized spacial score (nSPS) is 15.2. The maximum Gasteiger partial charge on any atom is 0.392 e. The molecule has 0 aliphatic rings. The maximum absolute atomic E-state index is 11.8. The van der Waals surface area contributed by atoms with E-state index in [2.05, 4.69) is 8.37 Å². The van der Waals surface area contributed by atoms with E-state index in [0.29, 0.717) is 0 Å². The smallest absolute Gasteiger partial charge is 0.261 e. The molecule has 0 aromatic rings. The Morgan fingerprint density at radius 2 is 0.905 bits per heavy atom. The third-order valence-corrected chi connectivity index (χ3v) is 11.1. The fourth-order valence-corrected chi connectivity index (χ4v) is 11.4. The van der Waals surface area contributed by atoms with Crippen LogP contribution in [0.1, 0.15) is 41.5 Å². The summed E-state index contributed by atoms with van der Waals surface area (Å²) in [6.45, 7) is 9.84. The van der Waals surface area contributed by atoms with Crippen molar-refractivity contribution in [2.24, 2.45) is 0 Å². The fourth-order valence-electron chi connectivity index (χ4n) is 1.99. The van der Waals surface area contributed by atoms with Gasteiger partial charge < -0.3 is 0 Å². The third-order valence-electron chi connectivity index (χ3n) is 2.82. The molecule has 0 aliphatic carbocycles. The van der Waals surface area contributed by atoms with Crippen molar-refractivity contribution in [2.75, 3.05) is 14.2 Å².